The van der Waals surface area contributed by atoms with Gasteiger partial charge in [0.15, 0.2) is 5.69 Å². The summed E-state index contributed by atoms with van der Waals surface area (Å²) in [4.78, 5) is 42.0. The van der Waals surface area contributed by atoms with Gasteiger partial charge in [0, 0.05) is 13.1 Å². The summed E-state index contributed by atoms with van der Waals surface area (Å²) in [6, 6.07) is 9.26. The van der Waals surface area contributed by atoms with Gasteiger partial charge in [0.2, 0.25) is 11.1 Å². The van der Waals surface area contributed by atoms with Crippen molar-refractivity contribution in [1.82, 2.24) is 29.8 Å². The first-order chi connectivity index (χ1) is 15.8. The number of carbonyl (C=O) groups excluding carboxylic acids is 1. The van der Waals surface area contributed by atoms with Gasteiger partial charge in [-0.05, 0) is 28.3 Å². The van der Waals surface area contributed by atoms with E-state index in [0.717, 1.165) is 5.56 Å². The predicted molar refractivity (Wildman–Crippen MR) is 127 cm³/mol. The number of benzene rings is 1. The van der Waals surface area contributed by atoms with Gasteiger partial charge >= 0.3 is 5.69 Å². The minimum atomic E-state index is -0.696. The Hall–Kier alpha value is -3.41. The van der Waals surface area contributed by atoms with E-state index in [1.54, 1.807) is 4.68 Å². The maximum atomic E-state index is 13.2. The molecule has 0 bridgehead atoms. The third kappa shape index (κ3) is 5.89. The summed E-state index contributed by atoms with van der Waals surface area (Å²) in [6.45, 7) is 7.04. The molecule has 0 saturated heterocycles. The third-order valence-electron chi connectivity index (χ3n) is 4.78. The van der Waals surface area contributed by atoms with Crippen molar-refractivity contribution in [3.8, 4) is 0 Å². The second kappa shape index (κ2) is 10.9. The average Bonchev–Trinajstić information content (AvgIpc) is 3.21. The van der Waals surface area contributed by atoms with Gasteiger partial charge in [0.25, 0.3) is 5.56 Å². The van der Waals surface area contributed by atoms with Gasteiger partial charge in [-0.15, -0.1) is 5.10 Å². The van der Waals surface area contributed by atoms with Crippen LogP contribution in [0.3, 0.4) is 0 Å². The van der Waals surface area contributed by atoms with Gasteiger partial charge in [0.05, 0.1) is 12.3 Å². The number of tetrazole rings is 1. The van der Waals surface area contributed by atoms with Crippen LogP contribution in [0.15, 0.2) is 45.1 Å². The van der Waals surface area contributed by atoms with Gasteiger partial charge in [-0.2, -0.15) is 0 Å². The second-order valence-corrected chi connectivity index (χ2v) is 8.88. The topological polar surface area (TPSA) is 145 Å². The van der Waals surface area contributed by atoms with Crippen LogP contribution in [0.4, 0.5) is 11.5 Å². The highest BCUT2D eigenvalue weighted by Crippen LogP contribution is 2.21. The minimum absolute atomic E-state index is 0.00909. The van der Waals surface area contributed by atoms with Crippen LogP contribution in [-0.2, 0) is 17.9 Å². The zero-order valence-corrected chi connectivity index (χ0v) is 19.7. The lowest BCUT2D eigenvalue weighted by atomic mass is 10.2. The minimum Gasteiger partial charge on any atom is -0.383 e. The van der Waals surface area contributed by atoms with Gasteiger partial charge in [-0.25, -0.2) is 9.48 Å². The maximum Gasteiger partial charge on any atom is 0.330 e. The number of hydrogen-bond donors (Lipinski definition) is 2. The molecule has 0 aliphatic heterocycles. The molecule has 0 atom stereocenters. The van der Waals surface area contributed by atoms with Crippen molar-refractivity contribution in [2.45, 2.75) is 45.4 Å². The summed E-state index contributed by atoms with van der Waals surface area (Å²) in [5.74, 6) is -0.0360. The molecule has 176 valence electrons. The molecular weight excluding hydrogens is 444 g/mol. The Morgan fingerprint density at radius 2 is 1.97 bits per heavy atom. The van der Waals surface area contributed by atoms with Crippen LogP contribution >= 0.6 is 11.8 Å². The highest BCUT2D eigenvalue weighted by Gasteiger charge is 2.24. The number of nitrogen functional groups attached to an aromatic ring is 1. The third-order valence-corrected chi connectivity index (χ3v) is 5.72. The molecule has 0 spiro atoms. The quantitative estimate of drug-likeness (QED) is 0.421. The van der Waals surface area contributed by atoms with Crippen molar-refractivity contribution in [2.24, 2.45) is 5.92 Å². The predicted octanol–water partition coefficient (Wildman–Crippen LogP) is 1.34. The number of hydrogen-bond acceptors (Lipinski definition) is 8. The van der Waals surface area contributed by atoms with Crippen molar-refractivity contribution in [3.63, 3.8) is 0 Å². The number of thioether (sulfide) groups is 1. The molecular formula is C21H28N8O3S. The number of nitrogens with zero attached hydrogens (tertiary/aromatic N) is 6. The fourth-order valence-electron chi connectivity index (χ4n) is 3.31. The Morgan fingerprint density at radius 3 is 2.64 bits per heavy atom. The molecule has 11 nitrogen and oxygen atoms in total. The molecule has 3 aromatic rings. The number of amides is 1. The number of aromatic amines is 1. The standard InChI is InChI=1S/C21H28N8O3S/c1-4-10-27(16(30)13-33-21-24-25-26-29(21)11-14(2)3)17-18(22)28(20(32)23-19(17)31)12-15-8-6-5-7-9-15/h5-9,14H,4,10-13,22H2,1-3H3,(H,23,31,32). The van der Waals surface area contributed by atoms with Crippen LogP contribution in [0.2, 0.25) is 0 Å². The van der Waals surface area contributed by atoms with Crippen molar-refractivity contribution >= 4 is 29.2 Å². The largest absolute Gasteiger partial charge is 0.383 e. The van der Waals surface area contributed by atoms with Crippen molar-refractivity contribution < 1.29 is 4.79 Å². The Morgan fingerprint density at radius 1 is 1.24 bits per heavy atom. The molecule has 3 rings (SSSR count). The zero-order valence-electron chi connectivity index (χ0n) is 18.9. The molecule has 0 radical (unpaired) electrons. The van der Waals surface area contributed by atoms with Crippen LogP contribution in [-0.4, -0.2) is 48.0 Å². The smallest absolute Gasteiger partial charge is 0.330 e. The lowest BCUT2D eigenvalue weighted by molar-refractivity contribution is -0.116. The number of anilines is 2. The van der Waals surface area contributed by atoms with Crippen LogP contribution in [0.25, 0.3) is 0 Å². The maximum absolute atomic E-state index is 13.2. The van der Waals surface area contributed by atoms with Gasteiger partial charge in [0.1, 0.15) is 5.82 Å². The van der Waals surface area contributed by atoms with E-state index in [9.17, 15) is 14.4 Å². The van der Waals surface area contributed by atoms with E-state index < -0.39 is 11.2 Å². The molecule has 33 heavy (non-hydrogen) atoms. The van der Waals surface area contributed by atoms with Crippen LogP contribution < -0.4 is 21.9 Å². The molecule has 2 aromatic heterocycles. The highest BCUT2D eigenvalue weighted by atomic mass is 32.2. The van der Waals surface area contributed by atoms with Crippen LogP contribution in [0, 0.1) is 5.92 Å². The molecule has 2 heterocycles. The zero-order chi connectivity index (χ0) is 24.0. The average molecular weight is 473 g/mol. The summed E-state index contributed by atoms with van der Waals surface area (Å²) in [5.41, 5.74) is 5.76. The molecule has 0 aliphatic rings. The number of H-pyrrole nitrogens is 1. The van der Waals surface area contributed by atoms with E-state index in [-0.39, 0.29) is 36.3 Å². The van der Waals surface area contributed by atoms with E-state index >= 15 is 0 Å². The second-order valence-electron chi connectivity index (χ2n) is 7.94. The number of carbonyl (C=O) groups is 1. The first-order valence-electron chi connectivity index (χ1n) is 10.7. The van der Waals surface area contributed by atoms with Gasteiger partial charge in [-0.3, -0.25) is 19.1 Å². The van der Waals surface area contributed by atoms with Crippen molar-refractivity contribution in [2.75, 3.05) is 22.9 Å². The SMILES string of the molecule is CCCN(C(=O)CSc1nnnn1CC(C)C)c1c(N)n(Cc2ccccc2)c(=O)[nH]c1=O. The summed E-state index contributed by atoms with van der Waals surface area (Å²) < 4.78 is 2.91. The lowest BCUT2D eigenvalue weighted by Crippen LogP contribution is -2.42. The van der Waals surface area contributed by atoms with Crippen molar-refractivity contribution in [1.29, 1.82) is 0 Å². The van der Waals surface area contributed by atoms with Crippen LogP contribution in [0.1, 0.15) is 32.8 Å². The number of aromatic nitrogens is 6. The van der Waals surface area contributed by atoms with Crippen LogP contribution in [0.5, 0.6) is 0 Å². The lowest BCUT2D eigenvalue weighted by Gasteiger charge is -2.24. The summed E-state index contributed by atoms with van der Waals surface area (Å²) >= 11 is 1.19. The molecule has 1 amide bonds. The molecule has 0 unspecified atom stereocenters. The summed E-state index contributed by atoms with van der Waals surface area (Å²) in [7, 11) is 0. The Labute approximate surface area is 195 Å². The van der Waals surface area contributed by atoms with E-state index in [1.807, 2.05) is 51.1 Å². The molecule has 0 fully saturated rings. The van der Waals surface area contributed by atoms with E-state index in [4.69, 9.17) is 5.73 Å². The Balaban J connectivity index is 1.88. The molecule has 0 aliphatic carbocycles. The number of nitrogens with one attached hydrogen (secondary N) is 1. The molecule has 3 N–H and O–H groups in total. The van der Waals surface area contributed by atoms with Crippen molar-refractivity contribution in [3.05, 3.63) is 56.7 Å². The van der Waals surface area contributed by atoms with Gasteiger partial charge in [-0.1, -0.05) is 62.9 Å². The molecule has 1 aromatic carbocycles. The molecule has 12 heteroatoms. The van der Waals surface area contributed by atoms with E-state index in [0.29, 0.717) is 24.0 Å². The molecule has 0 saturated carbocycles. The van der Waals surface area contributed by atoms with Gasteiger partial charge < -0.3 is 10.6 Å². The normalized spacial score (nSPS) is 11.2. The Kier molecular flexibility index (Phi) is 8.04. The van der Waals surface area contributed by atoms with E-state index in [1.165, 1.54) is 21.2 Å². The fourth-order valence-corrected chi connectivity index (χ4v) is 4.07. The monoisotopic (exact) mass is 472 g/mol. The highest BCUT2D eigenvalue weighted by molar-refractivity contribution is 7.99. The number of nitrogens with two attached hydrogens (primary N) is 1. The first-order valence-corrected chi connectivity index (χ1v) is 11.7. The Bertz CT molecular complexity index is 1200. The summed E-state index contributed by atoms with van der Waals surface area (Å²) in [5, 5.41) is 12.1. The van der Waals surface area contributed by atoms with E-state index in [2.05, 4.69) is 20.5 Å². The fraction of sp³-hybridized carbons (Fsp3) is 0.429. The summed E-state index contributed by atoms with van der Waals surface area (Å²) in [6.07, 6.45) is 0.595. The first kappa shape index (κ1) is 24.2. The number of rotatable bonds is 10.